The zero-order valence-electron chi connectivity index (χ0n) is 9.90. The lowest BCUT2D eigenvalue weighted by atomic mass is 10.1. The van der Waals surface area contributed by atoms with E-state index in [0.717, 1.165) is 11.3 Å². The van der Waals surface area contributed by atoms with E-state index in [9.17, 15) is 4.79 Å². The Morgan fingerprint density at radius 2 is 2.18 bits per heavy atom. The minimum absolute atomic E-state index is 0.315. The zero-order valence-corrected chi connectivity index (χ0v) is 10.7. The highest BCUT2D eigenvalue weighted by Crippen LogP contribution is 2.32. The van der Waals surface area contributed by atoms with E-state index in [1.165, 1.54) is 28.8 Å². The number of benzene rings is 1. The molecule has 0 radical (unpaired) electrons. The predicted octanol–water partition coefficient (Wildman–Crippen LogP) is 3.65. The molecule has 1 heterocycles. The lowest BCUT2D eigenvalue weighted by Crippen LogP contribution is -1.93. The number of methoxy groups -OCH3 is 1. The van der Waals surface area contributed by atoms with E-state index in [1.54, 1.807) is 11.3 Å². The second kappa shape index (κ2) is 5.15. The van der Waals surface area contributed by atoms with Crippen LogP contribution in [0.3, 0.4) is 0 Å². The fourth-order valence-electron chi connectivity index (χ4n) is 1.83. The summed E-state index contributed by atoms with van der Waals surface area (Å²) in [6, 6.07) is 8.31. The molecule has 17 heavy (non-hydrogen) atoms. The number of hydrogen-bond donors (Lipinski definition) is 0. The molecule has 0 fully saturated rings. The Kier molecular flexibility index (Phi) is 3.59. The average molecular weight is 246 g/mol. The van der Waals surface area contributed by atoms with Crippen molar-refractivity contribution in [2.75, 3.05) is 7.11 Å². The largest absolute Gasteiger partial charge is 0.466 e. The van der Waals surface area contributed by atoms with Crippen molar-refractivity contribution < 1.29 is 9.53 Å². The van der Waals surface area contributed by atoms with Crippen molar-refractivity contribution in [2.24, 2.45) is 0 Å². The fourth-order valence-corrected chi connectivity index (χ4v) is 3.03. The fraction of sp³-hybridized carbons (Fsp3) is 0.214. The third-order valence-electron chi connectivity index (χ3n) is 2.66. The molecule has 0 amide bonds. The van der Waals surface area contributed by atoms with Gasteiger partial charge in [-0.15, -0.1) is 11.3 Å². The van der Waals surface area contributed by atoms with E-state index in [-0.39, 0.29) is 5.97 Å². The van der Waals surface area contributed by atoms with Gasteiger partial charge in [-0.3, -0.25) is 0 Å². The Labute approximate surface area is 105 Å². The van der Waals surface area contributed by atoms with Crippen LogP contribution in [0.25, 0.3) is 16.2 Å². The van der Waals surface area contributed by atoms with Gasteiger partial charge in [0.2, 0.25) is 0 Å². The molecule has 0 N–H and O–H groups in total. The summed E-state index contributed by atoms with van der Waals surface area (Å²) in [4.78, 5) is 12.2. The molecule has 88 valence electrons. The molecule has 2 nitrogen and oxygen atoms in total. The van der Waals surface area contributed by atoms with Crippen LogP contribution in [0.5, 0.6) is 0 Å². The van der Waals surface area contributed by atoms with Gasteiger partial charge in [0.1, 0.15) is 0 Å². The maximum atomic E-state index is 11.1. The SMILES string of the molecule is CCc1c(/C=C/C(=O)OC)sc2ccccc12. The molecule has 2 rings (SSSR count). The normalized spacial score (nSPS) is 11.2. The summed E-state index contributed by atoms with van der Waals surface area (Å²) in [7, 11) is 1.39. The van der Waals surface area contributed by atoms with Gasteiger partial charge in [-0.2, -0.15) is 0 Å². The quantitative estimate of drug-likeness (QED) is 0.610. The summed E-state index contributed by atoms with van der Waals surface area (Å²) in [5.74, 6) is -0.315. The second-order valence-corrected chi connectivity index (χ2v) is 4.73. The molecule has 0 saturated carbocycles. The van der Waals surface area contributed by atoms with E-state index >= 15 is 0 Å². The first-order valence-electron chi connectivity index (χ1n) is 5.52. The van der Waals surface area contributed by atoms with E-state index in [4.69, 9.17) is 0 Å². The monoisotopic (exact) mass is 246 g/mol. The number of carbonyl (C=O) groups is 1. The van der Waals surface area contributed by atoms with Crippen LogP contribution in [0, 0.1) is 0 Å². The minimum Gasteiger partial charge on any atom is -0.466 e. The second-order valence-electron chi connectivity index (χ2n) is 3.65. The highest BCUT2D eigenvalue weighted by molar-refractivity contribution is 7.20. The molecule has 2 aromatic rings. The molecule has 1 aromatic heterocycles. The maximum Gasteiger partial charge on any atom is 0.330 e. The summed E-state index contributed by atoms with van der Waals surface area (Å²) in [5.41, 5.74) is 1.30. The number of carbonyl (C=O) groups excluding carboxylic acids is 1. The van der Waals surface area contributed by atoms with Crippen molar-refractivity contribution in [2.45, 2.75) is 13.3 Å². The topological polar surface area (TPSA) is 26.3 Å². The standard InChI is InChI=1S/C14H14O2S/c1-3-10-11-6-4-5-7-12(11)17-13(10)8-9-14(15)16-2/h4-9H,3H2,1-2H3/b9-8+. The molecule has 0 aliphatic heterocycles. The Bertz CT molecular complexity index is 567. The Hall–Kier alpha value is -1.61. The number of esters is 1. The number of aryl methyl sites for hydroxylation is 1. The summed E-state index contributed by atoms with van der Waals surface area (Å²) in [5, 5.41) is 1.28. The van der Waals surface area contributed by atoms with Gasteiger partial charge in [0.05, 0.1) is 7.11 Å². The molecule has 3 heteroatoms. The number of thiophene rings is 1. The number of fused-ring (bicyclic) bond motifs is 1. The minimum atomic E-state index is -0.315. The van der Waals surface area contributed by atoms with Gasteiger partial charge in [0, 0.05) is 15.7 Å². The summed E-state index contributed by atoms with van der Waals surface area (Å²) in [6.45, 7) is 2.13. The maximum absolute atomic E-state index is 11.1. The molecular weight excluding hydrogens is 232 g/mol. The molecule has 0 atom stereocenters. The van der Waals surface area contributed by atoms with Crippen molar-refractivity contribution in [1.29, 1.82) is 0 Å². The molecule has 0 spiro atoms. The van der Waals surface area contributed by atoms with Crippen LogP contribution in [0.4, 0.5) is 0 Å². The van der Waals surface area contributed by atoms with Gasteiger partial charge >= 0.3 is 5.97 Å². The van der Waals surface area contributed by atoms with Crippen LogP contribution in [-0.4, -0.2) is 13.1 Å². The third kappa shape index (κ3) is 2.39. The Morgan fingerprint density at radius 1 is 1.41 bits per heavy atom. The molecule has 0 bridgehead atoms. The lowest BCUT2D eigenvalue weighted by molar-refractivity contribution is -0.134. The highest BCUT2D eigenvalue weighted by atomic mass is 32.1. The smallest absolute Gasteiger partial charge is 0.330 e. The van der Waals surface area contributed by atoms with E-state index in [0.29, 0.717) is 0 Å². The van der Waals surface area contributed by atoms with E-state index in [2.05, 4.69) is 23.8 Å². The van der Waals surface area contributed by atoms with Crippen molar-refractivity contribution >= 4 is 33.5 Å². The molecule has 0 unspecified atom stereocenters. The van der Waals surface area contributed by atoms with Gasteiger partial charge in [0.25, 0.3) is 0 Å². The number of hydrogen-bond acceptors (Lipinski definition) is 3. The van der Waals surface area contributed by atoms with E-state index in [1.807, 2.05) is 18.2 Å². The third-order valence-corrected chi connectivity index (χ3v) is 3.83. The van der Waals surface area contributed by atoms with Crippen LogP contribution >= 0.6 is 11.3 Å². The van der Waals surface area contributed by atoms with Crippen LogP contribution in [0.15, 0.2) is 30.3 Å². The average Bonchev–Trinajstić information content (AvgIpc) is 2.73. The number of rotatable bonds is 3. The van der Waals surface area contributed by atoms with Crippen LogP contribution < -0.4 is 0 Å². The molecule has 0 saturated heterocycles. The molecule has 1 aromatic carbocycles. The predicted molar refractivity (Wildman–Crippen MR) is 72.3 cm³/mol. The molecule has 0 aliphatic rings. The number of ether oxygens (including phenoxy) is 1. The van der Waals surface area contributed by atoms with Crippen LogP contribution in [-0.2, 0) is 16.0 Å². The first-order chi connectivity index (χ1) is 8.26. The summed E-state index contributed by atoms with van der Waals surface area (Å²) < 4.78 is 5.86. The van der Waals surface area contributed by atoms with Crippen LogP contribution in [0.1, 0.15) is 17.4 Å². The van der Waals surface area contributed by atoms with Crippen LogP contribution in [0.2, 0.25) is 0 Å². The summed E-state index contributed by atoms with van der Waals surface area (Å²) >= 11 is 1.71. The van der Waals surface area contributed by atoms with Crippen molar-refractivity contribution in [3.8, 4) is 0 Å². The van der Waals surface area contributed by atoms with Crippen molar-refractivity contribution in [3.05, 3.63) is 40.8 Å². The van der Waals surface area contributed by atoms with Gasteiger partial charge in [0.15, 0.2) is 0 Å². The first-order valence-corrected chi connectivity index (χ1v) is 6.34. The van der Waals surface area contributed by atoms with Gasteiger partial charge in [-0.25, -0.2) is 4.79 Å². The molecule has 0 aliphatic carbocycles. The highest BCUT2D eigenvalue weighted by Gasteiger charge is 2.07. The Morgan fingerprint density at radius 3 is 2.88 bits per heavy atom. The van der Waals surface area contributed by atoms with Gasteiger partial charge in [-0.1, -0.05) is 25.1 Å². The molecular formula is C14H14O2S. The van der Waals surface area contributed by atoms with Gasteiger partial charge in [-0.05, 0) is 29.5 Å². The Balaban J connectivity index is 2.46. The van der Waals surface area contributed by atoms with Gasteiger partial charge < -0.3 is 4.74 Å². The van der Waals surface area contributed by atoms with Crippen molar-refractivity contribution in [3.63, 3.8) is 0 Å². The van der Waals surface area contributed by atoms with Crippen molar-refractivity contribution in [1.82, 2.24) is 0 Å². The zero-order chi connectivity index (χ0) is 12.3. The summed E-state index contributed by atoms with van der Waals surface area (Å²) in [6.07, 6.45) is 4.28. The lowest BCUT2D eigenvalue weighted by Gasteiger charge is -1.96. The van der Waals surface area contributed by atoms with E-state index < -0.39 is 0 Å². The first kappa shape index (κ1) is 11.9.